The van der Waals surface area contributed by atoms with Crippen molar-refractivity contribution < 1.29 is 13.9 Å². The average Bonchev–Trinajstić information content (AvgIpc) is 3.28. The maximum Gasteiger partial charge on any atom is 0.341 e. The minimum absolute atomic E-state index is 0.104. The molecule has 0 bridgehead atoms. The van der Waals surface area contributed by atoms with Gasteiger partial charge >= 0.3 is 5.97 Å². The molecule has 0 spiro atoms. The Morgan fingerprint density at radius 3 is 2.56 bits per heavy atom. The number of hydrogen-bond donors (Lipinski definition) is 1. The van der Waals surface area contributed by atoms with Crippen molar-refractivity contribution in [2.24, 2.45) is 0 Å². The topological polar surface area (TPSA) is 74.4 Å². The zero-order valence-corrected chi connectivity index (χ0v) is 19.2. The molecule has 1 aliphatic heterocycles. The summed E-state index contributed by atoms with van der Waals surface area (Å²) in [6.07, 6.45) is 0. The molecular weight excluding hydrogens is 433 g/mol. The van der Waals surface area contributed by atoms with Crippen LogP contribution in [0.15, 0.2) is 54.6 Å². The average molecular weight is 460 g/mol. The number of hydrogen-bond acceptors (Lipinski definition) is 6. The van der Waals surface area contributed by atoms with Crippen LogP contribution in [0.2, 0.25) is 0 Å². The first kappa shape index (κ1) is 22.0. The minimum Gasteiger partial charge on any atom is -0.462 e. The third-order valence-electron chi connectivity index (χ3n) is 6.19. The number of ether oxygens (including phenoxy) is 1. The molecule has 2 aromatic carbocycles. The van der Waals surface area contributed by atoms with Crippen LogP contribution in [0.25, 0.3) is 33.5 Å². The van der Waals surface area contributed by atoms with E-state index in [1.807, 2.05) is 18.2 Å². The molecule has 174 valence electrons. The number of nitrogens with zero attached hydrogens (tertiary/aromatic N) is 4. The fraction of sp³-hybridized carbons (Fsp3) is 0.269. The van der Waals surface area contributed by atoms with E-state index in [0.29, 0.717) is 16.9 Å². The summed E-state index contributed by atoms with van der Waals surface area (Å²) in [4.78, 5) is 21.5. The summed E-state index contributed by atoms with van der Waals surface area (Å²) < 4.78 is 20.1. The van der Waals surface area contributed by atoms with Crippen molar-refractivity contribution in [1.82, 2.24) is 20.1 Å². The number of piperazine rings is 1. The molecule has 1 saturated heterocycles. The van der Waals surface area contributed by atoms with Gasteiger partial charge in [-0.25, -0.2) is 14.2 Å². The molecule has 4 aromatic rings. The van der Waals surface area contributed by atoms with Gasteiger partial charge in [-0.1, -0.05) is 18.2 Å². The second kappa shape index (κ2) is 9.23. The summed E-state index contributed by atoms with van der Waals surface area (Å²) in [6, 6.07) is 16.5. The Labute approximate surface area is 197 Å². The molecule has 1 N–H and O–H groups in total. The number of aromatic amines is 1. The van der Waals surface area contributed by atoms with E-state index in [4.69, 9.17) is 9.72 Å². The number of fused-ring (bicyclic) bond motifs is 1. The molecule has 5 rings (SSSR count). The molecule has 2 aromatic heterocycles. The highest BCUT2D eigenvalue weighted by Gasteiger charge is 2.19. The molecule has 1 aliphatic rings. The van der Waals surface area contributed by atoms with E-state index in [9.17, 15) is 4.79 Å². The number of pyridine rings is 1. The van der Waals surface area contributed by atoms with Gasteiger partial charge in [0.15, 0.2) is 0 Å². The monoisotopic (exact) mass is 459 g/mol. The summed E-state index contributed by atoms with van der Waals surface area (Å²) >= 11 is 0. The lowest BCUT2D eigenvalue weighted by molar-refractivity contribution is 0.0521. The van der Waals surface area contributed by atoms with Crippen LogP contribution in [-0.2, 0) is 4.74 Å². The molecule has 8 heteroatoms. The fourth-order valence-electron chi connectivity index (χ4n) is 4.24. The highest BCUT2D eigenvalue weighted by Crippen LogP contribution is 2.31. The smallest absolute Gasteiger partial charge is 0.341 e. The third kappa shape index (κ3) is 4.12. The number of carbonyl (C=O) groups is 1. The maximum absolute atomic E-state index is 15.2. The van der Waals surface area contributed by atoms with E-state index in [1.165, 1.54) is 11.8 Å². The highest BCUT2D eigenvalue weighted by atomic mass is 19.1. The van der Waals surface area contributed by atoms with Gasteiger partial charge in [0.1, 0.15) is 17.0 Å². The summed E-state index contributed by atoms with van der Waals surface area (Å²) in [5.41, 5.74) is 4.77. The molecule has 0 saturated carbocycles. The third-order valence-corrected chi connectivity index (χ3v) is 6.19. The lowest BCUT2D eigenvalue weighted by Gasteiger charge is -2.34. The van der Waals surface area contributed by atoms with Crippen LogP contribution < -0.4 is 4.90 Å². The zero-order chi connectivity index (χ0) is 23.7. The van der Waals surface area contributed by atoms with Crippen molar-refractivity contribution in [3.8, 4) is 22.5 Å². The van der Waals surface area contributed by atoms with Crippen molar-refractivity contribution in [3.05, 3.63) is 66.0 Å². The normalized spacial score (nSPS) is 14.5. The molecule has 1 fully saturated rings. The van der Waals surface area contributed by atoms with E-state index in [0.717, 1.165) is 37.3 Å². The van der Waals surface area contributed by atoms with Crippen molar-refractivity contribution in [3.63, 3.8) is 0 Å². The Hall–Kier alpha value is -3.78. The molecule has 7 nitrogen and oxygen atoms in total. The number of anilines is 1. The number of aromatic nitrogens is 3. The molecule has 0 amide bonds. The van der Waals surface area contributed by atoms with Gasteiger partial charge in [0, 0.05) is 43.0 Å². The van der Waals surface area contributed by atoms with E-state index < -0.39 is 11.8 Å². The number of benzene rings is 2. The van der Waals surface area contributed by atoms with Crippen LogP contribution in [0.5, 0.6) is 0 Å². The molecule has 3 heterocycles. The number of carbonyl (C=O) groups excluding carboxylic acids is 1. The van der Waals surface area contributed by atoms with Gasteiger partial charge in [-0.2, -0.15) is 5.10 Å². The van der Waals surface area contributed by atoms with Crippen LogP contribution in [-0.4, -0.2) is 65.9 Å². The van der Waals surface area contributed by atoms with Crippen LogP contribution >= 0.6 is 0 Å². The maximum atomic E-state index is 15.2. The summed E-state index contributed by atoms with van der Waals surface area (Å²) in [5, 5.41) is 7.48. The fourth-order valence-corrected chi connectivity index (χ4v) is 4.24. The van der Waals surface area contributed by atoms with E-state index >= 15 is 4.39 Å². The Morgan fingerprint density at radius 1 is 1.06 bits per heavy atom. The lowest BCUT2D eigenvalue weighted by Crippen LogP contribution is -2.44. The zero-order valence-electron chi connectivity index (χ0n) is 19.2. The first-order chi connectivity index (χ1) is 16.5. The van der Waals surface area contributed by atoms with Gasteiger partial charge in [0.2, 0.25) is 0 Å². The number of rotatable bonds is 5. The minimum atomic E-state index is -0.688. The summed E-state index contributed by atoms with van der Waals surface area (Å²) in [6.45, 7) is 5.97. The van der Waals surface area contributed by atoms with Gasteiger partial charge in [0.05, 0.1) is 23.4 Å². The van der Waals surface area contributed by atoms with Gasteiger partial charge in [0.25, 0.3) is 0 Å². The van der Waals surface area contributed by atoms with Gasteiger partial charge in [-0.15, -0.1) is 0 Å². The summed E-state index contributed by atoms with van der Waals surface area (Å²) in [5.74, 6) is -1.33. The molecule has 0 radical (unpaired) electrons. The van der Waals surface area contributed by atoms with E-state index in [2.05, 4.69) is 39.2 Å². The van der Waals surface area contributed by atoms with E-state index in [1.54, 1.807) is 25.1 Å². The molecule has 0 unspecified atom stereocenters. The van der Waals surface area contributed by atoms with Crippen molar-refractivity contribution in [2.45, 2.75) is 6.92 Å². The number of nitrogens with one attached hydrogen (secondary N) is 1. The first-order valence-corrected chi connectivity index (χ1v) is 11.4. The van der Waals surface area contributed by atoms with Gasteiger partial charge in [-0.3, -0.25) is 5.10 Å². The van der Waals surface area contributed by atoms with Crippen molar-refractivity contribution in [1.29, 1.82) is 0 Å². The predicted molar refractivity (Wildman–Crippen MR) is 130 cm³/mol. The molecule has 0 atom stereocenters. The second-order valence-corrected chi connectivity index (χ2v) is 8.39. The molecule has 0 aliphatic carbocycles. The highest BCUT2D eigenvalue weighted by molar-refractivity contribution is 5.93. The van der Waals surface area contributed by atoms with Gasteiger partial charge < -0.3 is 14.5 Å². The molecular formula is C26H26FN5O2. The van der Waals surface area contributed by atoms with Crippen LogP contribution in [0.4, 0.5) is 10.1 Å². The Balaban J connectivity index is 1.48. The molecule has 34 heavy (non-hydrogen) atoms. The van der Waals surface area contributed by atoms with Crippen LogP contribution in [0.1, 0.15) is 17.3 Å². The van der Waals surface area contributed by atoms with E-state index in [-0.39, 0.29) is 17.7 Å². The first-order valence-electron chi connectivity index (χ1n) is 11.4. The Kier molecular flexibility index (Phi) is 5.98. The Bertz CT molecular complexity index is 1330. The second-order valence-electron chi connectivity index (χ2n) is 8.39. The van der Waals surface area contributed by atoms with Gasteiger partial charge in [-0.05, 0) is 50.4 Å². The standard InChI is InChI=1S/C26H26FN5O2/c1-3-34-26(33)20-6-4-5-19(23(20)27)21-11-12-22-25(28-21)24(30-29-22)17-7-9-18(10-8-17)32-15-13-31(2)14-16-32/h4-12H,3,13-16H2,1-2H3,(H,29,30). The van der Waals surface area contributed by atoms with Crippen molar-refractivity contribution in [2.75, 3.05) is 44.7 Å². The number of H-pyrrole nitrogens is 1. The largest absolute Gasteiger partial charge is 0.462 e. The quantitative estimate of drug-likeness (QED) is 0.447. The Morgan fingerprint density at radius 2 is 1.82 bits per heavy atom. The number of likely N-dealkylation sites (N-methyl/N-ethyl adjacent to an activating group) is 1. The number of halogens is 1. The summed E-state index contributed by atoms with van der Waals surface area (Å²) in [7, 11) is 2.14. The lowest BCUT2D eigenvalue weighted by atomic mass is 10.1. The van der Waals surface area contributed by atoms with Crippen molar-refractivity contribution >= 4 is 22.7 Å². The predicted octanol–water partition coefficient (Wildman–Crippen LogP) is 4.36. The van der Waals surface area contributed by atoms with Crippen LogP contribution in [0, 0.1) is 5.82 Å². The van der Waals surface area contributed by atoms with Crippen LogP contribution in [0.3, 0.4) is 0 Å². The SMILES string of the molecule is CCOC(=O)c1cccc(-c2ccc3[nH]nc(-c4ccc(N5CCN(C)CC5)cc4)c3n2)c1F. The number of esters is 1.